The molecule has 0 aliphatic carbocycles. The fourth-order valence-electron chi connectivity index (χ4n) is 1.17. The molecule has 0 saturated carbocycles. The van der Waals surface area contributed by atoms with Crippen LogP contribution in [0.4, 0.5) is 5.13 Å². The zero-order chi connectivity index (χ0) is 12.3. The number of nitrogens with zero attached hydrogens (tertiary/aromatic N) is 2. The molecule has 0 spiro atoms. The molecule has 0 aromatic carbocycles. The summed E-state index contributed by atoms with van der Waals surface area (Å²) in [5.41, 5.74) is 5.91. The van der Waals surface area contributed by atoms with Gasteiger partial charge in [0.15, 0.2) is 5.13 Å². The van der Waals surface area contributed by atoms with Gasteiger partial charge in [0.2, 0.25) is 0 Å². The largest absolute Gasteiger partial charge is 0.480 e. The van der Waals surface area contributed by atoms with E-state index in [0.717, 1.165) is 11.6 Å². The lowest BCUT2D eigenvalue weighted by molar-refractivity contribution is -0.138. The minimum absolute atomic E-state index is 0.375. The highest BCUT2D eigenvalue weighted by Crippen LogP contribution is 2.24. The van der Waals surface area contributed by atoms with Crippen LogP contribution in [0.15, 0.2) is 5.38 Å². The lowest BCUT2D eigenvalue weighted by Crippen LogP contribution is -2.28. The van der Waals surface area contributed by atoms with E-state index in [1.807, 2.05) is 11.9 Å². The number of carboxylic acid groups (broad SMARTS) is 1. The topological polar surface area (TPSA) is 79.5 Å². The molecular weight excluding hydrogens is 226 g/mol. The van der Waals surface area contributed by atoms with Gasteiger partial charge in [-0.25, -0.2) is 4.98 Å². The molecule has 1 aromatic rings. The fraction of sp³-hybridized carbons (Fsp3) is 0.600. The Morgan fingerprint density at radius 2 is 2.38 bits per heavy atom. The van der Waals surface area contributed by atoms with Crippen molar-refractivity contribution in [1.29, 1.82) is 0 Å². The maximum atomic E-state index is 10.7. The van der Waals surface area contributed by atoms with E-state index in [1.54, 1.807) is 5.38 Å². The Labute approximate surface area is 98.9 Å². The molecule has 0 aliphatic rings. The van der Waals surface area contributed by atoms with E-state index >= 15 is 0 Å². The number of thiazole rings is 1. The Kier molecular flexibility index (Phi) is 4.26. The molecule has 3 N–H and O–H groups in total. The Morgan fingerprint density at radius 1 is 1.75 bits per heavy atom. The first-order valence-corrected chi connectivity index (χ1v) is 6.02. The molecule has 2 unspecified atom stereocenters. The van der Waals surface area contributed by atoms with E-state index in [1.165, 1.54) is 11.3 Å². The molecule has 0 radical (unpaired) electrons. The van der Waals surface area contributed by atoms with Crippen LogP contribution in [0.1, 0.15) is 32.0 Å². The smallest absolute Gasteiger partial charge is 0.326 e. The van der Waals surface area contributed by atoms with E-state index in [4.69, 9.17) is 10.8 Å². The van der Waals surface area contributed by atoms with Crippen LogP contribution < -0.4 is 10.6 Å². The first kappa shape index (κ1) is 12.9. The summed E-state index contributed by atoms with van der Waals surface area (Å²) in [7, 11) is 1.95. The summed E-state index contributed by atoms with van der Waals surface area (Å²) < 4.78 is 0. The van der Waals surface area contributed by atoms with Crippen LogP contribution in [-0.2, 0) is 4.79 Å². The summed E-state index contributed by atoms with van der Waals surface area (Å²) in [6.45, 7) is 4.19. The molecule has 0 saturated heterocycles. The van der Waals surface area contributed by atoms with Crippen molar-refractivity contribution in [3.63, 3.8) is 0 Å². The zero-order valence-electron chi connectivity index (χ0n) is 9.67. The molecule has 5 nitrogen and oxygen atoms in total. The maximum absolute atomic E-state index is 10.7. The highest BCUT2D eigenvalue weighted by atomic mass is 32.1. The lowest BCUT2D eigenvalue weighted by atomic mass is 10.2. The highest BCUT2D eigenvalue weighted by Gasteiger charge is 2.19. The van der Waals surface area contributed by atoms with Crippen LogP contribution in [0.25, 0.3) is 0 Å². The van der Waals surface area contributed by atoms with Crippen LogP contribution in [0.5, 0.6) is 0 Å². The molecule has 0 amide bonds. The van der Waals surface area contributed by atoms with Crippen molar-refractivity contribution in [3.8, 4) is 0 Å². The maximum Gasteiger partial charge on any atom is 0.326 e. The van der Waals surface area contributed by atoms with Crippen LogP contribution in [0.3, 0.4) is 0 Å². The Morgan fingerprint density at radius 3 is 2.88 bits per heavy atom. The van der Waals surface area contributed by atoms with Gasteiger partial charge in [-0.05, 0) is 13.3 Å². The van der Waals surface area contributed by atoms with Gasteiger partial charge in [-0.15, -0.1) is 11.3 Å². The molecule has 6 heteroatoms. The monoisotopic (exact) mass is 243 g/mol. The number of carboxylic acids is 1. The van der Waals surface area contributed by atoms with Gasteiger partial charge in [0.1, 0.15) is 6.04 Å². The quantitative estimate of drug-likeness (QED) is 0.818. The second-order valence-corrected chi connectivity index (χ2v) is 4.58. The number of hydrogen-bond acceptors (Lipinski definition) is 5. The van der Waals surface area contributed by atoms with E-state index in [-0.39, 0.29) is 0 Å². The van der Waals surface area contributed by atoms with Crippen molar-refractivity contribution >= 4 is 22.4 Å². The number of rotatable bonds is 5. The van der Waals surface area contributed by atoms with Crippen molar-refractivity contribution in [2.45, 2.75) is 32.4 Å². The van der Waals surface area contributed by atoms with Crippen LogP contribution in [0, 0.1) is 0 Å². The summed E-state index contributed by atoms with van der Waals surface area (Å²) >= 11 is 1.42. The summed E-state index contributed by atoms with van der Waals surface area (Å²) in [6.07, 6.45) is 1.01. The second kappa shape index (κ2) is 5.27. The molecule has 1 aromatic heterocycles. The third-order valence-corrected chi connectivity index (χ3v) is 3.60. The van der Waals surface area contributed by atoms with Crippen LogP contribution in [-0.4, -0.2) is 29.1 Å². The van der Waals surface area contributed by atoms with Crippen molar-refractivity contribution in [1.82, 2.24) is 4.98 Å². The SMILES string of the molecule is CCC(C)N(C)c1nc(C(N)C(=O)O)cs1. The molecular formula is C10H17N3O2S. The zero-order valence-corrected chi connectivity index (χ0v) is 10.5. The Bertz CT molecular complexity index is 367. The predicted octanol–water partition coefficient (Wildman–Crippen LogP) is 1.46. The molecule has 2 atom stereocenters. The van der Waals surface area contributed by atoms with Gasteiger partial charge in [-0.2, -0.15) is 0 Å². The van der Waals surface area contributed by atoms with Gasteiger partial charge in [0, 0.05) is 18.5 Å². The van der Waals surface area contributed by atoms with Gasteiger partial charge in [-0.1, -0.05) is 6.92 Å². The van der Waals surface area contributed by atoms with Gasteiger partial charge < -0.3 is 15.7 Å². The number of aliphatic carboxylic acids is 1. The summed E-state index contributed by atoms with van der Waals surface area (Å²) in [4.78, 5) is 17.0. The first-order valence-electron chi connectivity index (χ1n) is 5.14. The van der Waals surface area contributed by atoms with Crippen molar-refractivity contribution in [2.24, 2.45) is 5.73 Å². The molecule has 90 valence electrons. The fourth-order valence-corrected chi connectivity index (χ4v) is 2.10. The van der Waals surface area contributed by atoms with Gasteiger partial charge in [0.05, 0.1) is 5.69 Å². The highest BCUT2D eigenvalue weighted by molar-refractivity contribution is 7.13. The van der Waals surface area contributed by atoms with Crippen molar-refractivity contribution in [2.75, 3.05) is 11.9 Å². The Hall–Kier alpha value is -1.14. The van der Waals surface area contributed by atoms with E-state index in [9.17, 15) is 4.79 Å². The summed E-state index contributed by atoms with van der Waals surface area (Å²) in [6, 6.07) is -0.657. The minimum atomic E-state index is -1.05. The standard InChI is InChI=1S/C10H17N3O2S/c1-4-6(2)13(3)10-12-7(5-16-10)8(11)9(14)15/h5-6,8H,4,11H2,1-3H3,(H,14,15). The number of anilines is 1. The molecule has 16 heavy (non-hydrogen) atoms. The minimum Gasteiger partial charge on any atom is -0.480 e. The third-order valence-electron chi connectivity index (χ3n) is 2.65. The average Bonchev–Trinajstić information content (AvgIpc) is 2.74. The third kappa shape index (κ3) is 2.70. The number of carbonyl (C=O) groups is 1. The van der Waals surface area contributed by atoms with E-state index in [0.29, 0.717) is 11.7 Å². The molecule has 1 heterocycles. The van der Waals surface area contributed by atoms with Gasteiger partial charge in [-0.3, -0.25) is 4.79 Å². The van der Waals surface area contributed by atoms with Gasteiger partial charge >= 0.3 is 5.97 Å². The summed E-state index contributed by atoms with van der Waals surface area (Å²) in [5.74, 6) is -1.05. The van der Waals surface area contributed by atoms with Crippen LogP contribution >= 0.6 is 11.3 Å². The number of hydrogen-bond donors (Lipinski definition) is 2. The Balaban J connectivity index is 2.82. The van der Waals surface area contributed by atoms with Crippen molar-refractivity contribution in [3.05, 3.63) is 11.1 Å². The average molecular weight is 243 g/mol. The first-order chi connectivity index (χ1) is 7.47. The van der Waals surface area contributed by atoms with Gasteiger partial charge in [0.25, 0.3) is 0 Å². The molecule has 0 aliphatic heterocycles. The molecule has 1 rings (SSSR count). The number of nitrogens with two attached hydrogens (primary N) is 1. The molecule has 0 bridgehead atoms. The molecule has 0 fully saturated rings. The predicted molar refractivity (Wildman–Crippen MR) is 64.8 cm³/mol. The van der Waals surface area contributed by atoms with E-state index < -0.39 is 12.0 Å². The lowest BCUT2D eigenvalue weighted by Gasteiger charge is -2.22. The van der Waals surface area contributed by atoms with E-state index in [2.05, 4.69) is 18.8 Å². The van der Waals surface area contributed by atoms with Crippen molar-refractivity contribution < 1.29 is 9.90 Å². The summed E-state index contributed by atoms with van der Waals surface area (Å²) in [5, 5.41) is 11.3. The normalized spacial score (nSPS) is 14.5. The number of aromatic nitrogens is 1. The second-order valence-electron chi connectivity index (χ2n) is 3.74. The van der Waals surface area contributed by atoms with Crippen LogP contribution in [0.2, 0.25) is 0 Å².